The Labute approximate surface area is 356 Å². The minimum Gasteiger partial charge on any atom is -0.497 e. The summed E-state index contributed by atoms with van der Waals surface area (Å²) in [5, 5.41) is 15.2. The van der Waals surface area contributed by atoms with Crippen molar-refractivity contribution in [1.29, 1.82) is 0 Å². The molecule has 2 N–H and O–H groups in total. The maximum Gasteiger partial charge on any atom is 0.329 e. The van der Waals surface area contributed by atoms with Gasteiger partial charge in [-0.05, 0) is 74.5 Å². The molecule has 0 spiro atoms. The Morgan fingerprint density at radius 2 is 1.66 bits per heavy atom. The number of nitrogens with zero attached hydrogens (tertiary/aromatic N) is 4. The molecule has 0 unspecified atom stereocenters. The van der Waals surface area contributed by atoms with Gasteiger partial charge in [-0.3, -0.25) is 24.2 Å². The minimum atomic E-state index is -1.03. The van der Waals surface area contributed by atoms with E-state index in [-0.39, 0.29) is 36.1 Å². The predicted molar refractivity (Wildman–Crippen MR) is 232 cm³/mol. The van der Waals surface area contributed by atoms with Crippen LogP contribution in [0, 0.1) is 23.2 Å². The highest BCUT2D eigenvalue weighted by molar-refractivity contribution is 8.14. The number of aliphatic imine (C=N–C) groups is 1. The first-order chi connectivity index (χ1) is 27.7. The first-order valence-electron chi connectivity index (χ1n) is 21.2. The average Bonchev–Trinajstić information content (AvgIpc) is 3.89. The molecule has 1 aromatic rings. The number of fused-ring (bicyclic) bond motifs is 2. The SMILES string of the molecule is CC[C@H](C)[C@@H]1C(=O)N2CCC[C@H]2C(=O)O[C@H](C(C)(C)C)C[C@@H](C)C[C@H](O)[C@H](C)C2=N[C@@H](/C=C(/C)C(=O)N[C@@H](Cc3ccc(OC)cc3)C(=O)N(C)[C@@H](C)C(=O)N1C)CS2. The Balaban J connectivity index is 1.74. The van der Waals surface area contributed by atoms with Crippen LogP contribution in [0.15, 0.2) is 40.9 Å². The number of amides is 4. The lowest BCUT2D eigenvalue weighted by Crippen LogP contribution is -2.59. The van der Waals surface area contributed by atoms with E-state index in [0.717, 1.165) is 10.6 Å². The summed E-state index contributed by atoms with van der Waals surface area (Å²) in [5.74, 6) is -1.41. The van der Waals surface area contributed by atoms with E-state index in [1.807, 2.05) is 60.6 Å². The van der Waals surface area contributed by atoms with Crippen LogP contribution in [0.5, 0.6) is 5.75 Å². The standard InChI is InChI=1S/C45H69N5O8S/c1-13-27(3)38-43(55)50-20-14-15-35(50)44(56)58-37(45(7,8)9)22-26(2)21-36(51)29(5)40-46-32(25-59-40)23-28(4)39(52)47-34(24-31-16-18-33(57-12)19-17-31)42(54)48(10)30(6)41(53)49(38)11/h16-19,23,26-27,29-30,32,34-38,51H,13-15,20-22,24-25H2,1-12H3,(H,47,52)/b28-23-/t26-,27-,29-,30-,32-,34-,35-,36-,37-,38+/m0/s1. The van der Waals surface area contributed by atoms with Gasteiger partial charge in [0, 0.05) is 44.3 Å². The fourth-order valence-corrected chi connectivity index (χ4v) is 9.25. The van der Waals surface area contributed by atoms with Gasteiger partial charge in [0.15, 0.2) is 0 Å². The fraction of sp³-hybridized carbons (Fsp3) is 0.689. The summed E-state index contributed by atoms with van der Waals surface area (Å²) in [7, 11) is 4.67. The fourth-order valence-electron chi connectivity index (χ4n) is 8.11. The zero-order valence-electron chi connectivity index (χ0n) is 37.3. The molecule has 13 nitrogen and oxygen atoms in total. The van der Waals surface area contributed by atoms with Crippen LogP contribution in [-0.4, -0.2) is 130 Å². The Kier molecular flexibility index (Phi) is 16.7. The van der Waals surface area contributed by atoms with Gasteiger partial charge < -0.3 is 34.6 Å². The van der Waals surface area contributed by atoms with Gasteiger partial charge in [-0.25, -0.2) is 4.79 Å². The molecule has 3 heterocycles. The molecule has 0 radical (unpaired) electrons. The number of nitrogens with one attached hydrogen (secondary N) is 1. The van der Waals surface area contributed by atoms with E-state index >= 15 is 0 Å². The second-order valence-electron chi connectivity index (χ2n) is 18.1. The molecule has 10 atom stereocenters. The second-order valence-corrected chi connectivity index (χ2v) is 19.1. The number of esters is 1. The first-order valence-corrected chi connectivity index (χ1v) is 22.2. The number of likely N-dealkylation sites (N-methyl/N-ethyl adjacent to an activating group) is 2. The largest absolute Gasteiger partial charge is 0.497 e. The van der Waals surface area contributed by atoms with Gasteiger partial charge in [0.1, 0.15) is 36.0 Å². The van der Waals surface area contributed by atoms with Crippen LogP contribution in [0.3, 0.4) is 0 Å². The number of carbonyl (C=O) groups is 5. The summed E-state index contributed by atoms with van der Waals surface area (Å²) in [5.41, 5.74) is 0.758. The molecule has 0 aliphatic carbocycles. The Bertz CT molecular complexity index is 1730. The van der Waals surface area contributed by atoms with E-state index in [9.17, 15) is 29.1 Å². The summed E-state index contributed by atoms with van der Waals surface area (Å²) < 4.78 is 11.6. The quantitative estimate of drug-likeness (QED) is 0.377. The lowest BCUT2D eigenvalue weighted by Gasteiger charge is -2.39. The molecule has 0 saturated carbocycles. The second kappa shape index (κ2) is 20.6. The monoisotopic (exact) mass is 839 g/mol. The van der Waals surface area contributed by atoms with E-state index in [0.29, 0.717) is 55.7 Å². The van der Waals surface area contributed by atoms with Gasteiger partial charge in [-0.1, -0.05) is 73.1 Å². The Hall–Kier alpha value is -3.91. The van der Waals surface area contributed by atoms with Crippen molar-refractivity contribution >= 4 is 46.4 Å². The van der Waals surface area contributed by atoms with Crippen molar-refractivity contribution in [3.63, 3.8) is 0 Å². The highest BCUT2D eigenvalue weighted by atomic mass is 32.2. The normalized spacial score (nSPS) is 31.6. The number of cyclic esters (lactones) is 1. The number of hydrogen-bond acceptors (Lipinski definition) is 10. The Morgan fingerprint density at radius 3 is 2.27 bits per heavy atom. The maximum absolute atomic E-state index is 14.6. The molecule has 14 heteroatoms. The molecular formula is C45H69N5O8S. The summed E-state index contributed by atoms with van der Waals surface area (Å²) in [6.45, 7) is 17.6. The van der Waals surface area contributed by atoms with E-state index in [1.165, 1.54) is 16.8 Å². The van der Waals surface area contributed by atoms with Crippen molar-refractivity contribution in [3.05, 3.63) is 41.5 Å². The topological polar surface area (TPSA) is 158 Å². The number of hydrogen-bond donors (Lipinski definition) is 2. The molecule has 1 aromatic carbocycles. The molecular weight excluding hydrogens is 771 g/mol. The zero-order chi connectivity index (χ0) is 43.9. The smallest absolute Gasteiger partial charge is 0.329 e. The molecule has 0 aromatic heterocycles. The van der Waals surface area contributed by atoms with Crippen LogP contribution < -0.4 is 10.1 Å². The molecule has 1 fully saturated rings. The minimum absolute atomic E-state index is 0.00274. The number of benzene rings is 1. The lowest BCUT2D eigenvalue weighted by molar-refractivity contribution is -0.166. The van der Waals surface area contributed by atoms with Gasteiger partial charge in [-0.15, -0.1) is 11.8 Å². The van der Waals surface area contributed by atoms with Crippen molar-refractivity contribution in [2.45, 2.75) is 143 Å². The van der Waals surface area contributed by atoms with Crippen molar-refractivity contribution in [1.82, 2.24) is 20.0 Å². The molecule has 1 saturated heterocycles. The van der Waals surface area contributed by atoms with E-state index in [2.05, 4.69) is 5.32 Å². The number of thioether (sulfide) groups is 1. The third-order valence-corrected chi connectivity index (χ3v) is 13.7. The number of carbonyl (C=O) groups excluding carboxylic acids is 5. The Morgan fingerprint density at radius 1 is 1.00 bits per heavy atom. The number of aliphatic hydroxyl groups is 1. The van der Waals surface area contributed by atoms with Crippen LogP contribution in [0.1, 0.15) is 100.0 Å². The number of aliphatic hydroxyl groups excluding tert-OH is 1. The molecule has 328 valence electrons. The summed E-state index contributed by atoms with van der Waals surface area (Å²) in [6, 6.07) is 3.19. The number of rotatable bonds is 5. The van der Waals surface area contributed by atoms with Crippen LogP contribution >= 0.6 is 11.8 Å². The van der Waals surface area contributed by atoms with Gasteiger partial charge >= 0.3 is 5.97 Å². The van der Waals surface area contributed by atoms with Crippen molar-refractivity contribution in [2.75, 3.05) is 33.5 Å². The van der Waals surface area contributed by atoms with Crippen LogP contribution in [0.2, 0.25) is 0 Å². The van der Waals surface area contributed by atoms with Crippen molar-refractivity contribution in [2.24, 2.45) is 28.2 Å². The summed E-state index contributed by atoms with van der Waals surface area (Å²) in [4.78, 5) is 80.4. The van der Waals surface area contributed by atoms with Crippen LogP contribution in [0.4, 0.5) is 0 Å². The molecule has 3 aliphatic rings. The average molecular weight is 840 g/mol. The summed E-state index contributed by atoms with van der Waals surface area (Å²) >= 11 is 1.56. The van der Waals surface area contributed by atoms with Crippen molar-refractivity contribution < 1.29 is 38.6 Å². The predicted octanol–water partition coefficient (Wildman–Crippen LogP) is 5.28. The highest BCUT2D eigenvalue weighted by Gasteiger charge is 2.44. The molecule has 59 heavy (non-hydrogen) atoms. The lowest BCUT2D eigenvalue weighted by atomic mass is 9.81. The molecule has 4 rings (SSSR count). The van der Waals surface area contributed by atoms with Crippen LogP contribution in [0.25, 0.3) is 0 Å². The van der Waals surface area contributed by atoms with Gasteiger partial charge in [0.05, 0.1) is 24.3 Å². The molecule has 4 amide bonds. The van der Waals surface area contributed by atoms with E-state index in [1.54, 1.807) is 62.9 Å². The van der Waals surface area contributed by atoms with E-state index < -0.39 is 65.5 Å². The highest BCUT2D eigenvalue weighted by Crippen LogP contribution is 2.34. The zero-order valence-corrected chi connectivity index (χ0v) is 38.1. The molecule has 3 aliphatic heterocycles. The number of methoxy groups -OCH3 is 1. The summed E-state index contributed by atoms with van der Waals surface area (Å²) in [6.07, 6.45) is 3.41. The third-order valence-electron chi connectivity index (χ3n) is 12.4. The van der Waals surface area contributed by atoms with E-state index in [4.69, 9.17) is 14.5 Å². The van der Waals surface area contributed by atoms with Gasteiger partial charge in [0.2, 0.25) is 23.6 Å². The molecule has 2 bridgehead atoms. The van der Waals surface area contributed by atoms with Crippen molar-refractivity contribution in [3.8, 4) is 5.75 Å². The third kappa shape index (κ3) is 11.9. The number of ether oxygens (including phenoxy) is 2. The van der Waals surface area contributed by atoms with Gasteiger partial charge in [-0.2, -0.15) is 0 Å². The first kappa shape index (κ1) is 47.8. The van der Waals surface area contributed by atoms with Gasteiger partial charge in [0.25, 0.3) is 0 Å². The van der Waals surface area contributed by atoms with Crippen LogP contribution in [-0.2, 0) is 35.1 Å². The maximum atomic E-state index is 14.6.